The van der Waals surface area contributed by atoms with Gasteiger partial charge in [-0.3, -0.25) is 0 Å². The lowest BCUT2D eigenvalue weighted by atomic mass is 9.91. The van der Waals surface area contributed by atoms with Crippen LogP contribution in [0.5, 0.6) is 0 Å². The topological polar surface area (TPSA) is 63.7 Å². The van der Waals surface area contributed by atoms with Crippen molar-refractivity contribution in [2.24, 2.45) is 0 Å². The van der Waals surface area contributed by atoms with Crippen LogP contribution in [-0.2, 0) is 19.6 Å². The van der Waals surface area contributed by atoms with Crippen molar-refractivity contribution >= 4 is 16.0 Å². The van der Waals surface area contributed by atoms with Gasteiger partial charge in [-0.05, 0) is 13.8 Å². The Morgan fingerprint density at radius 3 is 1.26 bits per heavy atom. The van der Waals surface area contributed by atoms with Gasteiger partial charge in [0, 0.05) is 12.6 Å². The van der Waals surface area contributed by atoms with Crippen LogP contribution in [0.25, 0.3) is 0 Å². The molecule has 1 unspecified atom stereocenters. The summed E-state index contributed by atoms with van der Waals surface area (Å²) < 4.78 is 252. The number of sulfonamides is 1. The molecule has 0 amide bonds. The summed E-state index contributed by atoms with van der Waals surface area (Å²) in [6.45, 7) is 4.00. The molecule has 0 aliphatic heterocycles. The van der Waals surface area contributed by atoms with E-state index in [9.17, 15) is 87.8 Å². The molecule has 0 rings (SSSR count). The molecule has 0 saturated heterocycles. The molecule has 0 spiro atoms. The van der Waals surface area contributed by atoms with Gasteiger partial charge in [-0.2, -0.15) is 78.9 Å². The fourth-order valence-corrected chi connectivity index (χ4v) is 3.27. The second-order valence-corrected chi connectivity index (χ2v) is 9.31. The molecule has 0 aliphatic rings. The molecule has 38 heavy (non-hydrogen) atoms. The highest BCUT2D eigenvalue weighted by atomic mass is 32.2. The number of halogens is 17. The Kier molecular flexibility index (Phi) is 9.02. The van der Waals surface area contributed by atoms with Crippen LogP contribution in [0.4, 0.5) is 74.6 Å². The summed E-state index contributed by atoms with van der Waals surface area (Å²) in [5, 5.41) is -7.75. The fourth-order valence-electron chi connectivity index (χ4n) is 2.02. The first-order chi connectivity index (χ1) is 16.2. The normalized spacial score (nSPS) is 16.4. The molecular weight excluding hydrogens is 613 g/mol. The number of carbonyl (C=O) groups is 1. The molecule has 23 heteroatoms. The van der Waals surface area contributed by atoms with Crippen LogP contribution in [-0.4, -0.2) is 78.9 Å². The molecule has 0 saturated carbocycles. The third-order valence-electron chi connectivity index (χ3n) is 4.53. The summed E-state index contributed by atoms with van der Waals surface area (Å²) in [5.74, 6) is -53.8. The average Bonchev–Trinajstić information content (AvgIpc) is 2.70. The minimum Gasteiger partial charge on any atom is -0.442 e. The number of nitrogens with zero attached hydrogens (tertiary/aromatic N) is 1. The fraction of sp³-hybridized carbons (Fsp3) is 0.800. The van der Waals surface area contributed by atoms with Crippen LogP contribution in [0.1, 0.15) is 13.8 Å². The summed E-state index contributed by atoms with van der Waals surface area (Å²) in [6.07, 6.45) is -10.6. The highest BCUT2D eigenvalue weighted by molar-refractivity contribution is 7.90. The van der Waals surface area contributed by atoms with E-state index in [1.54, 1.807) is 0 Å². The van der Waals surface area contributed by atoms with Crippen molar-refractivity contribution in [1.29, 1.82) is 0 Å². The van der Waals surface area contributed by atoms with Crippen molar-refractivity contribution in [1.82, 2.24) is 4.31 Å². The molecule has 0 aromatic rings. The molecule has 0 heterocycles. The van der Waals surface area contributed by atoms with Gasteiger partial charge in [0.05, 0.1) is 0 Å². The number of carbonyl (C=O) groups excluding carboxylic acids is 1. The van der Waals surface area contributed by atoms with E-state index in [2.05, 4.69) is 11.3 Å². The molecule has 0 bridgehead atoms. The molecule has 0 aromatic carbocycles. The van der Waals surface area contributed by atoms with Crippen LogP contribution < -0.4 is 0 Å². The number of alkyl halides is 17. The van der Waals surface area contributed by atoms with Crippen molar-refractivity contribution in [2.45, 2.75) is 67.0 Å². The van der Waals surface area contributed by atoms with Crippen molar-refractivity contribution in [3.05, 3.63) is 12.2 Å². The van der Waals surface area contributed by atoms with Gasteiger partial charge in [0.25, 0.3) is 10.0 Å². The number of hydrogen-bond acceptors (Lipinski definition) is 4. The first-order valence-corrected chi connectivity index (χ1v) is 10.2. The van der Waals surface area contributed by atoms with Crippen molar-refractivity contribution in [2.75, 3.05) is 7.05 Å². The predicted molar refractivity (Wildman–Crippen MR) is 87.7 cm³/mol. The minimum atomic E-state index is -8.93. The van der Waals surface area contributed by atoms with Gasteiger partial charge in [0.2, 0.25) is 0 Å². The molecule has 226 valence electrons. The van der Waals surface area contributed by atoms with Crippen LogP contribution in [0.15, 0.2) is 12.2 Å². The van der Waals surface area contributed by atoms with Crippen LogP contribution in [0.3, 0.4) is 0 Å². The largest absolute Gasteiger partial charge is 0.460 e. The van der Waals surface area contributed by atoms with E-state index < -0.39 is 79.1 Å². The maximum absolute atomic E-state index is 14.1. The molecule has 0 N–H and O–H groups in total. The minimum absolute atomic E-state index is 0.251. The lowest BCUT2D eigenvalue weighted by molar-refractivity contribution is -0.458. The molecule has 0 fully saturated rings. The maximum Gasteiger partial charge on any atom is 0.460 e. The van der Waals surface area contributed by atoms with Gasteiger partial charge < -0.3 is 4.74 Å². The monoisotopic (exact) mass is 625 g/mol. The quantitative estimate of drug-likeness (QED) is 0.128. The summed E-state index contributed by atoms with van der Waals surface area (Å²) in [5.41, 5.74) is -0.621. The zero-order valence-corrected chi connectivity index (χ0v) is 19.0. The number of esters is 1. The van der Waals surface area contributed by atoms with Crippen LogP contribution in [0.2, 0.25) is 0 Å². The van der Waals surface area contributed by atoms with E-state index in [0.29, 0.717) is 0 Å². The van der Waals surface area contributed by atoms with Crippen molar-refractivity contribution < 1.29 is 92.6 Å². The smallest absolute Gasteiger partial charge is 0.442 e. The van der Waals surface area contributed by atoms with Gasteiger partial charge in [-0.1, -0.05) is 6.58 Å². The Hall–Kier alpha value is -2.07. The van der Waals surface area contributed by atoms with Crippen LogP contribution in [0, 0.1) is 0 Å². The van der Waals surface area contributed by atoms with E-state index >= 15 is 0 Å². The Bertz CT molecular complexity index is 1030. The molecule has 0 aliphatic carbocycles. The molecule has 5 nitrogen and oxygen atoms in total. The van der Waals surface area contributed by atoms with Crippen LogP contribution >= 0.6 is 0 Å². The second-order valence-electron chi connectivity index (χ2n) is 7.27. The molecular formula is C15H12F17NO4S. The molecule has 0 aromatic heterocycles. The Morgan fingerprint density at radius 2 is 0.974 bits per heavy atom. The average molecular weight is 625 g/mol. The SMILES string of the molecule is C=C(C)C(=O)OC(C)N(C)S(=O)(=O)C(F)(F)C(F)(F)C(F)(F)C(F)(F)C(F)(F)C(F)(F)C(F)(F)C(F)(F)F. The van der Waals surface area contributed by atoms with E-state index in [-0.39, 0.29) is 14.0 Å². The standard InChI is InChI=1S/C15H12F17NO4S/c1-5(2)7(34)37-6(3)33(4)38(35,36)15(31,32)13(26,27)11(22,23)9(18,19)8(16,17)10(20,21)12(24,25)14(28,29)30/h6H,1H2,2-4H3. The number of hydrogen-bond donors (Lipinski definition) is 0. The van der Waals surface area contributed by atoms with Crippen molar-refractivity contribution in [3.8, 4) is 0 Å². The van der Waals surface area contributed by atoms with E-state index in [1.807, 2.05) is 0 Å². The van der Waals surface area contributed by atoms with Gasteiger partial charge in [-0.25, -0.2) is 13.2 Å². The molecule has 0 radical (unpaired) electrons. The van der Waals surface area contributed by atoms with Gasteiger partial charge in [0.15, 0.2) is 6.23 Å². The first-order valence-electron chi connectivity index (χ1n) is 8.71. The van der Waals surface area contributed by atoms with Gasteiger partial charge >= 0.3 is 52.9 Å². The lowest BCUT2D eigenvalue weighted by Crippen LogP contribution is -2.75. The number of ether oxygens (including phenoxy) is 1. The second kappa shape index (κ2) is 9.54. The highest BCUT2D eigenvalue weighted by Crippen LogP contribution is 2.64. The van der Waals surface area contributed by atoms with Crippen molar-refractivity contribution in [3.63, 3.8) is 0 Å². The number of rotatable bonds is 11. The van der Waals surface area contributed by atoms with E-state index in [4.69, 9.17) is 0 Å². The summed E-state index contributed by atoms with van der Waals surface area (Å²) >= 11 is 0. The highest BCUT2D eigenvalue weighted by Gasteiger charge is 2.96. The summed E-state index contributed by atoms with van der Waals surface area (Å²) in [4.78, 5) is 11.3. The Labute approximate surface area is 200 Å². The summed E-state index contributed by atoms with van der Waals surface area (Å²) in [6, 6.07) is 0. The van der Waals surface area contributed by atoms with Gasteiger partial charge in [0.1, 0.15) is 0 Å². The third kappa shape index (κ3) is 4.76. The Morgan fingerprint density at radius 1 is 0.684 bits per heavy atom. The lowest BCUT2D eigenvalue weighted by Gasteiger charge is -2.43. The van der Waals surface area contributed by atoms with E-state index in [1.165, 1.54) is 0 Å². The van der Waals surface area contributed by atoms with E-state index in [0.717, 1.165) is 6.92 Å². The van der Waals surface area contributed by atoms with Gasteiger partial charge in [-0.15, -0.1) is 0 Å². The zero-order chi connectivity index (χ0) is 31.5. The first kappa shape index (κ1) is 35.9. The predicted octanol–water partition coefficient (Wildman–Crippen LogP) is 5.68. The Balaban J connectivity index is 6.93. The summed E-state index contributed by atoms with van der Waals surface area (Å²) in [7, 11) is -7.82. The molecule has 1 atom stereocenters. The maximum atomic E-state index is 14.1. The third-order valence-corrected chi connectivity index (χ3v) is 6.49. The zero-order valence-electron chi connectivity index (χ0n) is 18.2.